The monoisotopic (exact) mass is 375 g/mol. The second kappa shape index (κ2) is 9.36. The van der Waals surface area contributed by atoms with E-state index in [1.54, 1.807) is 0 Å². The van der Waals surface area contributed by atoms with Gasteiger partial charge in [0.05, 0.1) is 5.69 Å². The number of aromatic nitrogens is 2. The van der Waals surface area contributed by atoms with Crippen molar-refractivity contribution >= 4 is 5.91 Å². The van der Waals surface area contributed by atoms with Gasteiger partial charge in [-0.05, 0) is 43.4 Å². The van der Waals surface area contributed by atoms with Crippen LogP contribution >= 0.6 is 0 Å². The Balaban J connectivity index is 1.68. The molecule has 146 valence electrons. The highest BCUT2D eigenvalue weighted by Crippen LogP contribution is 2.16. The number of amides is 1. The first kappa shape index (κ1) is 19.9. The van der Waals surface area contributed by atoms with Crippen LogP contribution in [0.3, 0.4) is 0 Å². The summed E-state index contributed by atoms with van der Waals surface area (Å²) in [4.78, 5) is 15.1. The van der Waals surface area contributed by atoms with Gasteiger partial charge in [-0.25, -0.2) is 0 Å². The second-order valence-electron chi connectivity index (χ2n) is 7.31. The average molecular weight is 376 g/mol. The fraction of sp³-hybridized carbons (Fsp3) is 0.333. The molecule has 3 aromatic rings. The minimum atomic E-state index is 0.197. The summed E-state index contributed by atoms with van der Waals surface area (Å²) in [5.74, 6) is 0.197. The number of nitrogens with zero attached hydrogens (tertiary/aromatic N) is 3. The molecule has 0 spiro atoms. The first-order chi connectivity index (χ1) is 13.5. The third-order valence-corrected chi connectivity index (χ3v) is 5.33. The van der Waals surface area contributed by atoms with Gasteiger partial charge in [-0.1, -0.05) is 60.7 Å². The van der Waals surface area contributed by atoms with Gasteiger partial charge >= 0.3 is 0 Å². The van der Waals surface area contributed by atoms with Crippen LogP contribution in [0.25, 0.3) is 0 Å². The lowest BCUT2D eigenvalue weighted by molar-refractivity contribution is -0.131. The molecule has 0 unspecified atom stereocenters. The quantitative estimate of drug-likeness (QED) is 0.591. The molecule has 4 nitrogen and oxygen atoms in total. The molecule has 0 radical (unpaired) electrons. The number of benzene rings is 2. The molecule has 0 N–H and O–H groups in total. The summed E-state index contributed by atoms with van der Waals surface area (Å²) in [6.45, 7) is 5.46. The number of hydrogen-bond donors (Lipinski definition) is 0. The molecule has 0 atom stereocenters. The zero-order valence-electron chi connectivity index (χ0n) is 17.1. The maximum absolute atomic E-state index is 13.1. The van der Waals surface area contributed by atoms with Crippen molar-refractivity contribution in [2.45, 2.75) is 39.7 Å². The van der Waals surface area contributed by atoms with Crippen molar-refractivity contribution in [2.75, 3.05) is 6.54 Å². The normalized spacial score (nSPS) is 10.8. The SMILES string of the molecule is Cc1nn(C)c(C)c1CCC(=O)N(CCc1ccccc1)Cc1ccccc1. The zero-order valence-corrected chi connectivity index (χ0v) is 17.1. The molecular weight excluding hydrogens is 346 g/mol. The summed E-state index contributed by atoms with van der Waals surface area (Å²) in [6.07, 6.45) is 2.11. The number of aryl methyl sites for hydroxylation is 2. The Bertz CT molecular complexity index is 900. The molecule has 2 aromatic carbocycles. The summed E-state index contributed by atoms with van der Waals surface area (Å²) in [5, 5.41) is 4.47. The molecule has 0 bridgehead atoms. The van der Waals surface area contributed by atoms with E-state index in [0.29, 0.717) is 13.0 Å². The Kier molecular flexibility index (Phi) is 6.64. The van der Waals surface area contributed by atoms with Crippen LogP contribution in [0.4, 0.5) is 0 Å². The first-order valence-corrected chi connectivity index (χ1v) is 9.89. The molecule has 0 saturated carbocycles. The van der Waals surface area contributed by atoms with Crippen molar-refractivity contribution in [3.05, 3.63) is 88.7 Å². The van der Waals surface area contributed by atoms with E-state index in [4.69, 9.17) is 0 Å². The topological polar surface area (TPSA) is 38.1 Å². The van der Waals surface area contributed by atoms with Crippen LogP contribution in [0, 0.1) is 13.8 Å². The predicted molar refractivity (Wildman–Crippen MR) is 113 cm³/mol. The third kappa shape index (κ3) is 5.10. The second-order valence-corrected chi connectivity index (χ2v) is 7.31. The van der Waals surface area contributed by atoms with Gasteiger partial charge in [-0.3, -0.25) is 9.48 Å². The van der Waals surface area contributed by atoms with Crippen molar-refractivity contribution in [1.29, 1.82) is 0 Å². The van der Waals surface area contributed by atoms with Gasteiger partial charge in [-0.15, -0.1) is 0 Å². The Labute approximate surface area is 167 Å². The lowest BCUT2D eigenvalue weighted by Gasteiger charge is -2.23. The Morgan fingerprint density at radius 1 is 0.929 bits per heavy atom. The Morgan fingerprint density at radius 2 is 1.54 bits per heavy atom. The molecular formula is C24H29N3O. The minimum absolute atomic E-state index is 0.197. The third-order valence-electron chi connectivity index (χ3n) is 5.33. The van der Waals surface area contributed by atoms with Crippen molar-refractivity contribution < 1.29 is 4.79 Å². The molecule has 0 aliphatic rings. The summed E-state index contributed by atoms with van der Waals surface area (Å²) in [6, 6.07) is 20.6. The zero-order chi connectivity index (χ0) is 19.9. The maximum atomic E-state index is 13.1. The molecule has 1 heterocycles. The summed E-state index contributed by atoms with van der Waals surface area (Å²) < 4.78 is 1.90. The first-order valence-electron chi connectivity index (χ1n) is 9.89. The van der Waals surface area contributed by atoms with E-state index >= 15 is 0 Å². The summed E-state index contributed by atoms with van der Waals surface area (Å²) in [7, 11) is 1.95. The van der Waals surface area contributed by atoms with Gasteiger partial charge in [0.2, 0.25) is 5.91 Å². The standard InChI is InChI=1S/C24H29N3O/c1-19-23(20(2)26(3)25-19)14-15-24(28)27(18-22-12-8-5-9-13-22)17-16-21-10-6-4-7-11-21/h4-13H,14-18H2,1-3H3. The van der Waals surface area contributed by atoms with Crippen LogP contribution in [0.2, 0.25) is 0 Å². The maximum Gasteiger partial charge on any atom is 0.223 e. The van der Waals surface area contributed by atoms with E-state index in [1.165, 1.54) is 11.1 Å². The van der Waals surface area contributed by atoms with Crippen LogP contribution in [0.5, 0.6) is 0 Å². The van der Waals surface area contributed by atoms with Crippen LogP contribution in [-0.4, -0.2) is 27.1 Å². The van der Waals surface area contributed by atoms with Gasteiger partial charge in [0.15, 0.2) is 0 Å². The van der Waals surface area contributed by atoms with Crippen molar-refractivity contribution in [2.24, 2.45) is 7.05 Å². The number of rotatable bonds is 8. The van der Waals surface area contributed by atoms with Gasteiger partial charge in [0, 0.05) is 32.3 Å². The molecule has 1 aromatic heterocycles. The van der Waals surface area contributed by atoms with Crippen LogP contribution in [-0.2, 0) is 31.2 Å². The van der Waals surface area contributed by atoms with Gasteiger partial charge in [0.25, 0.3) is 0 Å². The predicted octanol–water partition coefficient (Wildman–Crippen LogP) is 4.24. The van der Waals surface area contributed by atoms with Crippen molar-refractivity contribution in [1.82, 2.24) is 14.7 Å². The molecule has 0 aliphatic heterocycles. The van der Waals surface area contributed by atoms with Gasteiger partial charge in [0.1, 0.15) is 0 Å². The molecule has 0 saturated heterocycles. The lowest BCUT2D eigenvalue weighted by Crippen LogP contribution is -2.32. The largest absolute Gasteiger partial charge is 0.338 e. The minimum Gasteiger partial charge on any atom is -0.338 e. The highest BCUT2D eigenvalue weighted by molar-refractivity contribution is 5.76. The van der Waals surface area contributed by atoms with Crippen LogP contribution in [0.1, 0.15) is 34.5 Å². The van der Waals surface area contributed by atoms with Gasteiger partial charge < -0.3 is 4.90 Å². The Hall–Kier alpha value is -2.88. The van der Waals surface area contributed by atoms with Crippen LogP contribution in [0.15, 0.2) is 60.7 Å². The number of carbonyl (C=O) groups is 1. The fourth-order valence-electron chi connectivity index (χ4n) is 3.57. The smallest absolute Gasteiger partial charge is 0.223 e. The number of carbonyl (C=O) groups excluding carboxylic acids is 1. The average Bonchev–Trinajstić information content (AvgIpc) is 2.96. The van der Waals surface area contributed by atoms with Crippen molar-refractivity contribution in [3.8, 4) is 0 Å². The van der Waals surface area contributed by atoms with Crippen LogP contribution < -0.4 is 0 Å². The van der Waals surface area contributed by atoms with E-state index < -0.39 is 0 Å². The molecule has 3 rings (SSSR count). The van der Waals surface area contributed by atoms with E-state index in [9.17, 15) is 4.79 Å². The molecule has 4 heteroatoms. The lowest BCUT2D eigenvalue weighted by atomic mass is 10.1. The highest BCUT2D eigenvalue weighted by Gasteiger charge is 2.17. The van der Waals surface area contributed by atoms with Gasteiger partial charge in [-0.2, -0.15) is 5.10 Å². The number of hydrogen-bond acceptors (Lipinski definition) is 2. The Morgan fingerprint density at radius 3 is 2.11 bits per heavy atom. The van der Waals surface area contributed by atoms with Crippen molar-refractivity contribution in [3.63, 3.8) is 0 Å². The summed E-state index contributed by atoms with van der Waals surface area (Å²) >= 11 is 0. The summed E-state index contributed by atoms with van der Waals surface area (Å²) in [5.41, 5.74) is 5.78. The molecule has 0 aliphatic carbocycles. The van der Waals surface area contributed by atoms with E-state index in [1.807, 2.05) is 60.0 Å². The molecule has 0 fully saturated rings. The highest BCUT2D eigenvalue weighted by atomic mass is 16.2. The van der Waals surface area contributed by atoms with E-state index in [2.05, 4.69) is 36.3 Å². The fourth-order valence-corrected chi connectivity index (χ4v) is 3.57. The molecule has 28 heavy (non-hydrogen) atoms. The molecule has 1 amide bonds. The van der Waals surface area contributed by atoms with E-state index in [-0.39, 0.29) is 5.91 Å². The van der Waals surface area contributed by atoms with E-state index in [0.717, 1.165) is 36.3 Å².